The zero-order valence-electron chi connectivity index (χ0n) is 14.8. The molecule has 6 heteroatoms. The molecule has 6 nitrogen and oxygen atoms in total. The minimum atomic E-state index is -0.557. The summed E-state index contributed by atoms with van der Waals surface area (Å²) in [5.41, 5.74) is 0.491. The van der Waals surface area contributed by atoms with Crippen LogP contribution in [0.1, 0.15) is 45.6 Å². The second-order valence-electron chi connectivity index (χ2n) is 6.96. The number of aromatic nitrogens is 1. The summed E-state index contributed by atoms with van der Waals surface area (Å²) < 4.78 is 10.7. The lowest BCUT2D eigenvalue weighted by molar-refractivity contribution is -0.150. The van der Waals surface area contributed by atoms with Gasteiger partial charge in [0.2, 0.25) is 0 Å². The number of carbonyl (C=O) groups excluding carboxylic acids is 2. The molecule has 2 atom stereocenters. The first kappa shape index (κ1) is 18.2. The highest BCUT2D eigenvalue weighted by Gasteiger charge is 2.39. The largest absolute Gasteiger partial charge is 0.466 e. The Balaban J connectivity index is 2.16. The van der Waals surface area contributed by atoms with Gasteiger partial charge >= 0.3 is 12.1 Å². The third-order valence-corrected chi connectivity index (χ3v) is 3.99. The quantitative estimate of drug-likeness (QED) is 0.795. The van der Waals surface area contributed by atoms with Gasteiger partial charge in [0.25, 0.3) is 0 Å². The summed E-state index contributed by atoms with van der Waals surface area (Å²) >= 11 is 0. The van der Waals surface area contributed by atoms with E-state index in [0.717, 1.165) is 5.56 Å². The number of pyridine rings is 1. The van der Waals surface area contributed by atoms with Gasteiger partial charge in [0, 0.05) is 31.4 Å². The van der Waals surface area contributed by atoms with Gasteiger partial charge in [-0.3, -0.25) is 9.78 Å². The number of rotatable bonds is 3. The van der Waals surface area contributed by atoms with E-state index >= 15 is 0 Å². The zero-order chi connectivity index (χ0) is 17.7. The summed E-state index contributed by atoms with van der Waals surface area (Å²) in [6.07, 6.45) is 3.74. The van der Waals surface area contributed by atoms with E-state index in [1.54, 1.807) is 24.2 Å². The monoisotopic (exact) mass is 334 g/mol. The van der Waals surface area contributed by atoms with Crippen LogP contribution in [-0.2, 0) is 14.3 Å². The molecule has 24 heavy (non-hydrogen) atoms. The van der Waals surface area contributed by atoms with Crippen molar-refractivity contribution in [1.82, 2.24) is 9.88 Å². The van der Waals surface area contributed by atoms with Crippen molar-refractivity contribution < 1.29 is 19.1 Å². The lowest BCUT2D eigenvalue weighted by Gasteiger charge is -2.38. The van der Waals surface area contributed by atoms with E-state index in [4.69, 9.17) is 9.47 Å². The number of hydrogen-bond donors (Lipinski definition) is 0. The van der Waals surface area contributed by atoms with E-state index in [9.17, 15) is 9.59 Å². The van der Waals surface area contributed by atoms with E-state index in [0.29, 0.717) is 26.1 Å². The molecule has 0 N–H and O–H groups in total. The normalized spacial score (nSPS) is 21.2. The number of nitrogens with zero attached hydrogens (tertiary/aromatic N) is 2. The fraction of sp³-hybridized carbons (Fsp3) is 0.611. The van der Waals surface area contributed by atoms with Crippen LogP contribution in [0.5, 0.6) is 0 Å². The van der Waals surface area contributed by atoms with Gasteiger partial charge in [0.1, 0.15) is 5.60 Å². The average molecular weight is 334 g/mol. The highest BCUT2D eigenvalue weighted by atomic mass is 16.6. The minimum Gasteiger partial charge on any atom is -0.466 e. The molecule has 0 bridgehead atoms. The lowest BCUT2D eigenvalue weighted by atomic mass is 9.81. The molecule has 0 saturated carbocycles. The van der Waals surface area contributed by atoms with E-state index in [-0.39, 0.29) is 18.0 Å². The van der Waals surface area contributed by atoms with Crippen LogP contribution in [0.4, 0.5) is 4.79 Å². The van der Waals surface area contributed by atoms with Crippen molar-refractivity contribution in [3.8, 4) is 0 Å². The Morgan fingerprint density at radius 1 is 1.29 bits per heavy atom. The van der Waals surface area contributed by atoms with Crippen LogP contribution >= 0.6 is 0 Å². The molecule has 0 aromatic carbocycles. The smallest absolute Gasteiger partial charge is 0.410 e. The van der Waals surface area contributed by atoms with Crippen LogP contribution in [0.3, 0.4) is 0 Å². The van der Waals surface area contributed by atoms with Crippen molar-refractivity contribution in [3.05, 3.63) is 30.1 Å². The molecule has 1 amide bonds. The van der Waals surface area contributed by atoms with Gasteiger partial charge in [-0.1, -0.05) is 0 Å². The van der Waals surface area contributed by atoms with Gasteiger partial charge in [-0.2, -0.15) is 0 Å². The van der Waals surface area contributed by atoms with Crippen LogP contribution in [-0.4, -0.2) is 47.2 Å². The summed E-state index contributed by atoms with van der Waals surface area (Å²) in [6, 6.07) is 3.83. The van der Waals surface area contributed by atoms with Crippen molar-refractivity contribution in [2.45, 2.75) is 45.6 Å². The van der Waals surface area contributed by atoms with Crippen molar-refractivity contribution in [3.63, 3.8) is 0 Å². The van der Waals surface area contributed by atoms with E-state index in [1.807, 2.05) is 32.9 Å². The van der Waals surface area contributed by atoms with Gasteiger partial charge in [-0.05, 0) is 51.8 Å². The van der Waals surface area contributed by atoms with Crippen LogP contribution in [0.25, 0.3) is 0 Å². The number of ether oxygens (including phenoxy) is 2. The van der Waals surface area contributed by atoms with Crippen LogP contribution in [0.2, 0.25) is 0 Å². The maximum Gasteiger partial charge on any atom is 0.410 e. The van der Waals surface area contributed by atoms with Crippen molar-refractivity contribution in [2.24, 2.45) is 5.92 Å². The van der Waals surface area contributed by atoms with Crippen LogP contribution in [0.15, 0.2) is 24.5 Å². The second kappa shape index (κ2) is 7.64. The lowest BCUT2D eigenvalue weighted by Crippen LogP contribution is -2.47. The standard InChI is InChI=1S/C18H26N2O4/c1-5-23-16(21)15-12-20(17(22)24-18(2,3)4)11-8-14(15)13-6-9-19-10-7-13/h6-7,9-10,14-15H,5,8,11-12H2,1-4H3/t14-,15+/m1/s1. The molecule has 132 valence electrons. The Kier molecular flexibility index (Phi) is 5.80. The number of piperidine rings is 1. The fourth-order valence-electron chi connectivity index (χ4n) is 2.94. The molecule has 1 saturated heterocycles. The third-order valence-electron chi connectivity index (χ3n) is 3.99. The molecule has 1 aliphatic rings. The number of esters is 1. The van der Waals surface area contributed by atoms with Crippen LogP contribution < -0.4 is 0 Å². The summed E-state index contributed by atoms with van der Waals surface area (Å²) in [4.78, 5) is 30.4. The SMILES string of the molecule is CCOC(=O)[C@H]1CN(C(=O)OC(C)(C)C)CC[C@@H]1c1ccncc1. The Morgan fingerprint density at radius 2 is 1.96 bits per heavy atom. The molecule has 1 aromatic heterocycles. The number of likely N-dealkylation sites (tertiary alicyclic amines) is 1. The van der Waals surface area contributed by atoms with Gasteiger partial charge in [0.15, 0.2) is 0 Å². The summed E-state index contributed by atoms with van der Waals surface area (Å²) in [5, 5.41) is 0. The van der Waals surface area contributed by atoms with E-state index < -0.39 is 11.5 Å². The second-order valence-corrected chi connectivity index (χ2v) is 6.96. The molecular weight excluding hydrogens is 308 g/mol. The number of carbonyl (C=O) groups is 2. The Hall–Kier alpha value is -2.11. The minimum absolute atomic E-state index is 0.0192. The summed E-state index contributed by atoms with van der Waals surface area (Å²) in [7, 11) is 0. The van der Waals surface area contributed by atoms with Gasteiger partial charge < -0.3 is 14.4 Å². The van der Waals surface area contributed by atoms with E-state index in [2.05, 4.69) is 4.98 Å². The van der Waals surface area contributed by atoms with E-state index in [1.165, 1.54) is 0 Å². The molecule has 2 rings (SSSR count). The van der Waals surface area contributed by atoms with Crippen molar-refractivity contribution >= 4 is 12.1 Å². The predicted molar refractivity (Wildman–Crippen MR) is 89.5 cm³/mol. The van der Waals surface area contributed by atoms with Gasteiger partial charge in [-0.25, -0.2) is 4.79 Å². The first-order valence-electron chi connectivity index (χ1n) is 8.36. The van der Waals surface area contributed by atoms with Gasteiger partial charge in [-0.15, -0.1) is 0 Å². The molecule has 1 aromatic rings. The first-order valence-corrected chi connectivity index (χ1v) is 8.36. The van der Waals surface area contributed by atoms with Crippen LogP contribution in [0, 0.1) is 5.92 Å². The maximum absolute atomic E-state index is 12.4. The van der Waals surface area contributed by atoms with Crippen molar-refractivity contribution in [2.75, 3.05) is 19.7 Å². The highest BCUT2D eigenvalue weighted by molar-refractivity contribution is 5.76. The first-order chi connectivity index (χ1) is 11.3. The summed E-state index contributed by atoms with van der Waals surface area (Å²) in [6.45, 7) is 8.46. The molecule has 0 aliphatic carbocycles. The van der Waals surface area contributed by atoms with Gasteiger partial charge in [0.05, 0.1) is 12.5 Å². The maximum atomic E-state index is 12.4. The molecule has 2 heterocycles. The molecule has 0 spiro atoms. The Labute approximate surface area is 143 Å². The average Bonchev–Trinajstić information content (AvgIpc) is 2.54. The highest BCUT2D eigenvalue weighted by Crippen LogP contribution is 2.34. The predicted octanol–water partition coefficient (Wildman–Crippen LogP) is 2.99. The number of hydrogen-bond acceptors (Lipinski definition) is 5. The topological polar surface area (TPSA) is 68.7 Å². The third kappa shape index (κ3) is 4.69. The molecule has 0 radical (unpaired) electrons. The Morgan fingerprint density at radius 3 is 2.54 bits per heavy atom. The molecular formula is C18H26N2O4. The number of amides is 1. The Bertz CT molecular complexity index is 568. The molecule has 1 fully saturated rings. The summed E-state index contributed by atoms with van der Waals surface area (Å²) in [5.74, 6) is -0.646. The fourth-order valence-corrected chi connectivity index (χ4v) is 2.94. The zero-order valence-corrected chi connectivity index (χ0v) is 14.8. The molecule has 0 unspecified atom stereocenters. The van der Waals surface area contributed by atoms with Crippen molar-refractivity contribution in [1.29, 1.82) is 0 Å². The molecule has 1 aliphatic heterocycles.